The van der Waals surface area contributed by atoms with Gasteiger partial charge < -0.3 is 10.5 Å². The number of thiazole rings is 1. The fraction of sp³-hybridized carbons (Fsp3) is 0.700. The summed E-state index contributed by atoms with van der Waals surface area (Å²) in [5.41, 5.74) is 6.92. The van der Waals surface area contributed by atoms with Gasteiger partial charge in [-0.1, -0.05) is 6.92 Å². The van der Waals surface area contributed by atoms with Crippen LogP contribution < -0.4 is 5.73 Å². The topological polar surface area (TPSA) is 48.1 Å². The van der Waals surface area contributed by atoms with E-state index in [1.165, 1.54) is 5.01 Å². The van der Waals surface area contributed by atoms with Crippen molar-refractivity contribution in [2.75, 3.05) is 19.0 Å². The average Bonchev–Trinajstić information content (AvgIpc) is 2.84. The van der Waals surface area contributed by atoms with Gasteiger partial charge in [-0.3, -0.25) is 0 Å². The highest BCUT2D eigenvalue weighted by Gasteiger charge is 2.34. The lowest BCUT2D eigenvalue weighted by Crippen LogP contribution is -2.37. The van der Waals surface area contributed by atoms with Crippen LogP contribution in [0.3, 0.4) is 0 Å². The zero-order valence-corrected chi connectivity index (χ0v) is 10.5. The van der Waals surface area contributed by atoms with Crippen LogP contribution in [0.15, 0.2) is 5.38 Å². The fourth-order valence-corrected chi connectivity index (χ4v) is 3.23. The first-order chi connectivity index (χ1) is 7.24. The molecule has 15 heavy (non-hydrogen) atoms. The number of nitrogens with zero attached hydrogens (tertiary/aromatic N) is 1. The summed E-state index contributed by atoms with van der Waals surface area (Å²) in [6.07, 6.45) is 0.886. The van der Waals surface area contributed by atoms with E-state index >= 15 is 0 Å². The van der Waals surface area contributed by atoms with Crippen molar-refractivity contribution in [2.45, 2.75) is 24.6 Å². The van der Waals surface area contributed by atoms with Crippen molar-refractivity contribution >= 4 is 23.1 Å². The van der Waals surface area contributed by atoms with Gasteiger partial charge in [0.2, 0.25) is 0 Å². The maximum absolute atomic E-state index is 6.23. The molecule has 1 saturated heterocycles. The monoisotopic (exact) mass is 244 g/mol. The van der Waals surface area contributed by atoms with Gasteiger partial charge in [-0.05, 0) is 12.2 Å². The van der Waals surface area contributed by atoms with Gasteiger partial charge in [0.25, 0.3) is 0 Å². The Balaban J connectivity index is 2.05. The standard InChI is InChI=1S/C10H16N2OS2/c1-2-14-6-9-12-8(5-15-9)10(11)3-4-13-7-10/h5H,2-4,6-7,11H2,1H3. The first-order valence-corrected chi connectivity index (χ1v) is 7.17. The number of thioether (sulfide) groups is 1. The number of hydrogen-bond acceptors (Lipinski definition) is 5. The highest BCUT2D eigenvalue weighted by Crippen LogP contribution is 2.29. The van der Waals surface area contributed by atoms with E-state index in [2.05, 4.69) is 17.3 Å². The Morgan fingerprint density at radius 1 is 1.73 bits per heavy atom. The summed E-state index contributed by atoms with van der Waals surface area (Å²) in [5.74, 6) is 2.13. The highest BCUT2D eigenvalue weighted by molar-refractivity contribution is 7.98. The Hall–Kier alpha value is -0.100. The summed E-state index contributed by atoms with van der Waals surface area (Å²) < 4.78 is 5.34. The van der Waals surface area contributed by atoms with Crippen LogP contribution >= 0.6 is 23.1 Å². The second-order valence-electron chi connectivity index (χ2n) is 3.72. The Bertz CT molecular complexity index is 321. The minimum atomic E-state index is -0.328. The summed E-state index contributed by atoms with van der Waals surface area (Å²) in [5, 5.41) is 3.26. The molecule has 1 aromatic rings. The molecular formula is C10H16N2OS2. The predicted molar refractivity (Wildman–Crippen MR) is 65.3 cm³/mol. The van der Waals surface area contributed by atoms with Gasteiger partial charge in [0.05, 0.1) is 17.8 Å². The van der Waals surface area contributed by atoms with E-state index in [1.54, 1.807) is 11.3 Å². The first kappa shape index (κ1) is 11.4. The third-order valence-electron chi connectivity index (χ3n) is 2.54. The largest absolute Gasteiger partial charge is 0.379 e. The van der Waals surface area contributed by atoms with Crippen molar-refractivity contribution in [2.24, 2.45) is 5.73 Å². The quantitative estimate of drug-likeness (QED) is 0.879. The Morgan fingerprint density at radius 2 is 2.60 bits per heavy atom. The summed E-state index contributed by atoms with van der Waals surface area (Å²) in [7, 11) is 0. The van der Waals surface area contributed by atoms with Crippen molar-refractivity contribution < 1.29 is 4.74 Å². The van der Waals surface area contributed by atoms with Crippen LogP contribution in [0, 0.1) is 0 Å². The molecule has 0 aliphatic carbocycles. The van der Waals surface area contributed by atoms with Gasteiger partial charge in [-0.2, -0.15) is 11.8 Å². The smallest absolute Gasteiger partial charge is 0.103 e. The van der Waals surface area contributed by atoms with Crippen molar-refractivity contribution in [3.63, 3.8) is 0 Å². The Kier molecular flexibility index (Phi) is 3.66. The second kappa shape index (κ2) is 4.82. The molecule has 1 fully saturated rings. The van der Waals surface area contributed by atoms with Gasteiger partial charge in [0, 0.05) is 17.7 Å². The number of aromatic nitrogens is 1. The third-order valence-corrected chi connectivity index (χ3v) is 4.46. The zero-order valence-electron chi connectivity index (χ0n) is 8.86. The molecule has 2 rings (SSSR count). The molecule has 0 spiro atoms. The van der Waals surface area contributed by atoms with Crippen LogP contribution in [0.2, 0.25) is 0 Å². The van der Waals surface area contributed by atoms with Gasteiger partial charge in [0.1, 0.15) is 5.01 Å². The lowest BCUT2D eigenvalue weighted by atomic mass is 9.97. The van der Waals surface area contributed by atoms with Gasteiger partial charge in [-0.15, -0.1) is 11.3 Å². The third kappa shape index (κ3) is 2.53. The van der Waals surface area contributed by atoms with E-state index in [0.29, 0.717) is 6.61 Å². The zero-order chi connectivity index (χ0) is 10.7. The van der Waals surface area contributed by atoms with E-state index in [-0.39, 0.29) is 5.54 Å². The van der Waals surface area contributed by atoms with Crippen molar-refractivity contribution in [3.05, 3.63) is 16.1 Å². The molecule has 0 radical (unpaired) electrons. The molecule has 0 amide bonds. The Morgan fingerprint density at radius 3 is 3.27 bits per heavy atom. The maximum Gasteiger partial charge on any atom is 0.103 e. The molecule has 2 N–H and O–H groups in total. The number of ether oxygens (including phenoxy) is 1. The van der Waals surface area contributed by atoms with E-state index in [4.69, 9.17) is 10.5 Å². The molecule has 0 saturated carbocycles. The minimum Gasteiger partial charge on any atom is -0.379 e. The van der Waals surface area contributed by atoms with Crippen LogP contribution in [0.4, 0.5) is 0 Å². The van der Waals surface area contributed by atoms with Crippen LogP contribution in [0.5, 0.6) is 0 Å². The lowest BCUT2D eigenvalue weighted by Gasteiger charge is -2.18. The average molecular weight is 244 g/mol. The van der Waals surface area contributed by atoms with E-state index in [9.17, 15) is 0 Å². The molecular weight excluding hydrogens is 228 g/mol. The molecule has 0 aromatic carbocycles. The predicted octanol–water partition coefficient (Wildman–Crippen LogP) is 1.97. The van der Waals surface area contributed by atoms with Crippen LogP contribution in [0.25, 0.3) is 0 Å². The molecule has 5 heteroatoms. The van der Waals surface area contributed by atoms with E-state index < -0.39 is 0 Å². The van der Waals surface area contributed by atoms with Gasteiger partial charge in [0.15, 0.2) is 0 Å². The maximum atomic E-state index is 6.23. The molecule has 1 aromatic heterocycles. The molecule has 1 unspecified atom stereocenters. The molecule has 3 nitrogen and oxygen atoms in total. The molecule has 1 aliphatic rings. The lowest BCUT2D eigenvalue weighted by molar-refractivity contribution is 0.177. The molecule has 1 aliphatic heterocycles. The second-order valence-corrected chi connectivity index (χ2v) is 5.94. The number of hydrogen-bond donors (Lipinski definition) is 1. The number of rotatable bonds is 4. The summed E-state index contributed by atoms with van der Waals surface area (Å²) >= 11 is 3.60. The van der Waals surface area contributed by atoms with E-state index in [1.807, 2.05) is 11.8 Å². The van der Waals surface area contributed by atoms with Crippen molar-refractivity contribution in [1.29, 1.82) is 0 Å². The normalized spacial score (nSPS) is 26.0. The van der Waals surface area contributed by atoms with Gasteiger partial charge >= 0.3 is 0 Å². The van der Waals surface area contributed by atoms with Crippen LogP contribution in [-0.4, -0.2) is 24.0 Å². The van der Waals surface area contributed by atoms with Crippen molar-refractivity contribution in [3.8, 4) is 0 Å². The summed E-state index contributed by atoms with van der Waals surface area (Å²) in [6.45, 7) is 3.53. The van der Waals surface area contributed by atoms with Crippen molar-refractivity contribution in [1.82, 2.24) is 4.98 Å². The highest BCUT2D eigenvalue weighted by atomic mass is 32.2. The van der Waals surface area contributed by atoms with Crippen LogP contribution in [-0.2, 0) is 16.0 Å². The molecule has 1 atom stereocenters. The summed E-state index contributed by atoms with van der Waals surface area (Å²) in [4.78, 5) is 4.59. The molecule has 2 heterocycles. The van der Waals surface area contributed by atoms with E-state index in [0.717, 1.165) is 30.2 Å². The minimum absolute atomic E-state index is 0.328. The summed E-state index contributed by atoms with van der Waals surface area (Å²) in [6, 6.07) is 0. The SMILES string of the molecule is CCSCc1nc(C2(N)CCOC2)cs1. The van der Waals surface area contributed by atoms with Gasteiger partial charge in [-0.25, -0.2) is 4.98 Å². The molecule has 0 bridgehead atoms. The first-order valence-electron chi connectivity index (χ1n) is 5.14. The Labute approximate surface area is 98.4 Å². The molecule has 84 valence electrons. The number of nitrogens with two attached hydrogens (primary N) is 1. The van der Waals surface area contributed by atoms with Crippen LogP contribution in [0.1, 0.15) is 24.0 Å². The fourth-order valence-electron chi connectivity index (χ4n) is 1.58.